The van der Waals surface area contributed by atoms with Crippen LogP contribution in [-0.4, -0.2) is 67.6 Å². The van der Waals surface area contributed by atoms with Crippen LogP contribution in [0.25, 0.3) is 0 Å². The quantitative estimate of drug-likeness (QED) is 0.717. The van der Waals surface area contributed by atoms with E-state index in [4.69, 9.17) is 0 Å². The number of sulfonamides is 1. The first-order chi connectivity index (χ1) is 14.4. The van der Waals surface area contributed by atoms with Gasteiger partial charge in [-0.3, -0.25) is 4.79 Å². The first-order valence-electron chi connectivity index (χ1n) is 9.83. The molecule has 1 heterocycles. The molecule has 1 aliphatic carbocycles. The third kappa shape index (κ3) is 3.96. The van der Waals surface area contributed by atoms with E-state index >= 15 is 0 Å². The molecule has 1 amide bonds. The van der Waals surface area contributed by atoms with Gasteiger partial charge in [0, 0.05) is 37.3 Å². The van der Waals surface area contributed by atoms with Crippen molar-refractivity contribution in [2.24, 2.45) is 5.10 Å². The SMILES string of the molecule is CN1CCN(S(=O)(=O)c2ccc(C(=O)N/N=C3\CCc4cccc(O)c43)cc2)CC1. The first kappa shape index (κ1) is 20.5. The van der Waals surface area contributed by atoms with Crippen molar-refractivity contribution in [3.63, 3.8) is 0 Å². The zero-order valence-electron chi connectivity index (χ0n) is 16.7. The smallest absolute Gasteiger partial charge is 0.271 e. The number of aryl methyl sites for hydroxylation is 1. The molecule has 2 aliphatic rings. The van der Waals surface area contributed by atoms with Gasteiger partial charge in [0.25, 0.3) is 5.91 Å². The van der Waals surface area contributed by atoms with Crippen molar-refractivity contribution in [3.8, 4) is 5.75 Å². The molecular weight excluding hydrogens is 404 g/mol. The normalized spacial score (nSPS) is 19.0. The predicted molar refractivity (Wildman–Crippen MR) is 113 cm³/mol. The van der Waals surface area contributed by atoms with Crippen molar-refractivity contribution in [1.82, 2.24) is 14.6 Å². The Morgan fingerprint density at radius 3 is 2.43 bits per heavy atom. The number of rotatable bonds is 4. The van der Waals surface area contributed by atoms with Crippen LogP contribution in [-0.2, 0) is 16.4 Å². The number of piperazine rings is 1. The number of fused-ring (bicyclic) bond motifs is 1. The Balaban J connectivity index is 1.46. The molecule has 2 N–H and O–H groups in total. The van der Waals surface area contributed by atoms with Crippen molar-refractivity contribution in [3.05, 3.63) is 59.2 Å². The maximum absolute atomic E-state index is 12.8. The number of likely N-dealkylation sites (N-methyl/N-ethyl adjacent to an activating group) is 1. The lowest BCUT2D eigenvalue weighted by Gasteiger charge is -2.31. The summed E-state index contributed by atoms with van der Waals surface area (Å²) in [6.45, 7) is 2.29. The second-order valence-corrected chi connectivity index (χ2v) is 9.48. The molecule has 2 aromatic rings. The lowest BCUT2D eigenvalue weighted by Crippen LogP contribution is -2.47. The molecule has 30 heavy (non-hydrogen) atoms. The summed E-state index contributed by atoms with van der Waals surface area (Å²) in [6, 6.07) is 11.2. The zero-order chi connectivity index (χ0) is 21.3. The van der Waals surface area contributed by atoms with Crippen LogP contribution in [0.5, 0.6) is 5.75 Å². The first-order valence-corrected chi connectivity index (χ1v) is 11.3. The highest BCUT2D eigenvalue weighted by molar-refractivity contribution is 7.89. The minimum absolute atomic E-state index is 0.150. The summed E-state index contributed by atoms with van der Waals surface area (Å²) in [5, 5.41) is 14.2. The van der Waals surface area contributed by atoms with E-state index in [0.29, 0.717) is 49.4 Å². The lowest BCUT2D eigenvalue weighted by molar-refractivity contribution is 0.0954. The Morgan fingerprint density at radius 2 is 1.73 bits per heavy atom. The fourth-order valence-electron chi connectivity index (χ4n) is 3.76. The summed E-state index contributed by atoms with van der Waals surface area (Å²) in [7, 11) is -1.61. The average molecular weight is 429 g/mol. The van der Waals surface area contributed by atoms with E-state index in [2.05, 4.69) is 15.4 Å². The maximum atomic E-state index is 12.8. The van der Waals surface area contributed by atoms with Crippen LogP contribution in [0.15, 0.2) is 52.5 Å². The monoisotopic (exact) mass is 428 g/mol. The highest BCUT2D eigenvalue weighted by atomic mass is 32.2. The van der Waals surface area contributed by atoms with Crippen molar-refractivity contribution >= 4 is 21.6 Å². The standard InChI is InChI=1S/C21H24N4O4S/c1-24-11-13-25(14-12-24)30(28,29)17-8-5-16(6-9-17)21(27)23-22-18-10-7-15-3-2-4-19(26)20(15)18/h2-6,8-9,26H,7,10-14H2,1H3,(H,23,27)/b22-18+. The van der Waals surface area contributed by atoms with Gasteiger partial charge in [-0.1, -0.05) is 12.1 Å². The molecule has 158 valence electrons. The van der Waals surface area contributed by atoms with Gasteiger partial charge in [0.2, 0.25) is 10.0 Å². The second-order valence-electron chi connectivity index (χ2n) is 7.54. The fourth-order valence-corrected chi connectivity index (χ4v) is 5.18. The minimum Gasteiger partial charge on any atom is -0.507 e. The molecule has 8 nitrogen and oxygen atoms in total. The molecule has 0 radical (unpaired) electrons. The number of carbonyl (C=O) groups excluding carboxylic acids is 1. The number of hydrazone groups is 1. The molecule has 0 saturated carbocycles. The minimum atomic E-state index is -3.57. The van der Waals surface area contributed by atoms with Crippen LogP contribution < -0.4 is 5.43 Å². The summed E-state index contributed by atoms with van der Waals surface area (Å²) in [4.78, 5) is 14.7. The summed E-state index contributed by atoms with van der Waals surface area (Å²) in [6.07, 6.45) is 1.40. The summed E-state index contributed by atoms with van der Waals surface area (Å²) < 4.78 is 27.0. The topological polar surface area (TPSA) is 102 Å². The van der Waals surface area contributed by atoms with Crippen molar-refractivity contribution in [2.45, 2.75) is 17.7 Å². The van der Waals surface area contributed by atoms with E-state index < -0.39 is 15.9 Å². The molecule has 4 rings (SSSR count). The van der Waals surface area contributed by atoms with E-state index in [0.717, 1.165) is 12.0 Å². The molecule has 0 unspecified atom stereocenters. The molecular formula is C21H24N4O4S. The molecule has 1 aliphatic heterocycles. The Kier molecular flexibility index (Phi) is 5.59. The molecule has 1 fully saturated rings. The van der Waals surface area contributed by atoms with Crippen LogP contribution in [0.4, 0.5) is 0 Å². The highest BCUT2D eigenvalue weighted by Crippen LogP contribution is 2.29. The molecule has 9 heteroatoms. The van der Waals surface area contributed by atoms with Gasteiger partial charge in [0.05, 0.1) is 10.6 Å². The second kappa shape index (κ2) is 8.17. The van der Waals surface area contributed by atoms with Crippen molar-refractivity contribution < 1.29 is 18.3 Å². The number of amides is 1. The van der Waals surface area contributed by atoms with Gasteiger partial charge in [0.1, 0.15) is 5.75 Å². The van der Waals surface area contributed by atoms with Gasteiger partial charge in [-0.05, 0) is 55.8 Å². The number of hydrogen-bond acceptors (Lipinski definition) is 6. The van der Waals surface area contributed by atoms with Gasteiger partial charge in [-0.15, -0.1) is 0 Å². The average Bonchev–Trinajstić information content (AvgIpc) is 3.17. The van der Waals surface area contributed by atoms with E-state index in [-0.39, 0.29) is 10.6 Å². The Bertz CT molecular complexity index is 1090. The third-order valence-corrected chi connectivity index (χ3v) is 7.47. The van der Waals surface area contributed by atoms with Gasteiger partial charge < -0.3 is 10.0 Å². The van der Waals surface area contributed by atoms with Crippen LogP contribution in [0.1, 0.15) is 27.9 Å². The van der Waals surface area contributed by atoms with Crippen LogP contribution in [0.2, 0.25) is 0 Å². The fraction of sp³-hybridized carbons (Fsp3) is 0.333. The zero-order valence-corrected chi connectivity index (χ0v) is 17.5. The molecule has 1 saturated heterocycles. The molecule has 2 aromatic carbocycles. The van der Waals surface area contributed by atoms with Crippen LogP contribution in [0, 0.1) is 0 Å². The van der Waals surface area contributed by atoms with Crippen molar-refractivity contribution in [2.75, 3.05) is 33.2 Å². The maximum Gasteiger partial charge on any atom is 0.271 e. The van der Waals surface area contributed by atoms with Crippen LogP contribution in [0.3, 0.4) is 0 Å². The summed E-state index contributed by atoms with van der Waals surface area (Å²) >= 11 is 0. The number of hydrogen-bond donors (Lipinski definition) is 2. The van der Waals surface area contributed by atoms with Gasteiger partial charge >= 0.3 is 0 Å². The number of phenols is 1. The highest BCUT2D eigenvalue weighted by Gasteiger charge is 2.27. The number of carbonyl (C=O) groups is 1. The van der Waals surface area contributed by atoms with Crippen molar-refractivity contribution in [1.29, 1.82) is 0 Å². The summed E-state index contributed by atoms with van der Waals surface area (Å²) in [5.74, 6) is -0.286. The number of phenolic OH excluding ortho intramolecular Hbond substituents is 1. The van der Waals surface area contributed by atoms with Gasteiger partial charge in [-0.2, -0.15) is 9.41 Å². The molecule has 0 spiro atoms. The third-order valence-electron chi connectivity index (χ3n) is 5.56. The number of nitrogens with zero attached hydrogens (tertiary/aromatic N) is 3. The van der Waals surface area contributed by atoms with Gasteiger partial charge in [0.15, 0.2) is 0 Å². The molecule has 0 aromatic heterocycles. The number of benzene rings is 2. The van der Waals surface area contributed by atoms with Crippen LogP contribution >= 0.6 is 0 Å². The van der Waals surface area contributed by atoms with E-state index in [1.165, 1.54) is 28.6 Å². The number of aromatic hydroxyl groups is 1. The Morgan fingerprint density at radius 1 is 1.03 bits per heavy atom. The lowest BCUT2D eigenvalue weighted by atomic mass is 10.1. The number of nitrogens with one attached hydrogen (secondary N) is 1. The summed E-state index contributed by atoms with van der Waals surface area (Å²) in [5.41, 5.74) is 5.12. The van der Waals surface area contributed by atoms with E-state index in [1.807, 2.05) is 13.1 Å². The van der Waals surface area contributed by atoms with E-state index in [1.54, 1.807) is 12.1 Å². The molecule has 0 atom stereocenters. The molecule has 0 bridgehead atoms. The Hall–Kier alpha value is -2.75. The van der Waals surface area contributed by atoms with E-state index in [9.17, 15) is 18.3 Å². The largest absolute Gasteiger partial charge is 0.507 e. The predicted octanol–water partition coefficient (Wildman–Crippen LogP) is 1.41. The Labute approximate surface area is 175 Å². The van der Waals surface area contributed by atoms with Gasteiger partial charge in [-0.25, -0.2) is 13.8 Å².